The van der Waals surface area contributed by atoms with Gasteiger partial charge in [0.1, 0.15) is 0 Å². The number of hydrogen-bond donors (Lipinski definition) is 0. The molecule has 0 saturated heterocycles. The second-order valence-electron chi connectivity index (χ2n) is 4.60. The molecule has 0 bridgehead atoms. The van der Waals surface area contributed by atoms with Crippen LogP contribution in [0.15, 0.2) is 0 Å². The molecule has 0 saturated carbocycles. The van der Waals surface area contributed by atoms with Crippen LogP contribution in [0.5, 0.6) is 0 Å². The zero-order chi connectivity index (χ0) is 11.9. The predicted octanol–water partition coefficient (Wildman–Crippen LogP) is 3.98. The first-order valence-corrected chi connectivity index (χ1v) is 13.9. The quantitative estimate of drug-likeness (QED) is 0.619. The van der Waals surface area contributed by atoms with E-state index in [1.165, 1.54) is 0 Å². The van der Waals surface area contributed by atoms with E-state index in [1.54, 1.807) is 0 Å². The van der Waals surface area contributed by atoms with Crippen LogP contribution in [0.25, 0.3) is 0 Å². The van der Waals surface area contributed by atoms with Gasteiger partial charge in [-0.25, -0.2) is 0 Å². The zero-order valence-electron chi connectivity index (χ0n) is 11.1. The van der Waals surface area contributed by atoms with Crippen molar-refractivity contribution in [1.82, 2.24) is 0 Å². The van der Waals surface area contributed by atoms with Gasteiger partial charge in [0, 0.05) is 13.2 Å². The van der Waals surface area contributed by atoms with Gasteiger partial charge in [0.05, 0.1) is 0 Å². The first-order valence-electron chi connectivity index (χ1n) is 5.81. The van der Waals surface area contributed by atoms with Crippen molar-refractivity contribution in [1.29, 1.82) is 0 Å². The largest absolute Gasteiger partial charge is 0.408 e. The minimum absolute atomic E-state index is 0.893. The Morgan fingerprint density at radius 3 is 1.40 bits per heavy atom. The Hall–Kier alpha value is 0.704. The Balaban J connectivity index is 4.04. The van der Waals surface area contributed by atoms with Crippen LogP contribution in [0, 0.1) is 0 Å². The van der Waals surface area contributed by atoms with E-state index in [0.717, 1.165) is 26.1 Å². The molecule has 0 atom stereocenters. The molecule has 0 aromatic heterocycles. The van der Waals surface area contributed by atoms with Gasteiger partial charge in [-0.3, -0.25) is 0 Å². The van der Waals surface area contributed by atoms with Gasteiger partial charge in [-0.1, -0.05) is 13.8 Å². The molecule has 92 valence electrons. The van der Waals surface area contributed by atoms with Crippen LogP contribution in [0.1, 0.15) is 26.7 Å². The summed E-state index contributed by atoms with van der Waals surface area (Å²) in [7, 11) is -1.10. The normalized spacial score (nSPS) is 13.2. The Morgan fingerprint density at radius 2 is 1.13 bits per heavy atom. The average molecular weight is 267 g/mol. The van der Waals surface area contributed by atoms with E-state index in [4.69, 9.17) is 8.85 Å². The van der Waals surface area contributed by atoms with E-state index in [1.807, 2.05) is 10.7 Å². The van der Waals surface area contributed by atoms with Gasteiger partial charge in [-0.2, -0.15) is 10.7 Å². The monoisotopic (exact) mass is 266 g/mol. The lowest BCUT2D eigenvalue weighted by Crippen LogP contribution is -2.38. The molecule has 0 heterocycles. The maximum absolute atomic E-state index is 5.95. The molecule has 0 radical (unpaired) electrons. The molecule has 0 aliphatic heterocycles. The predicted molar refractivity (Wildman–Crippen MR) is 75.0 cm³/mol. The van der Waals surface area contributed by atoms with E-state index in [0.29, 0.717) is 0 Å². The third kappa shape index (κ3) is 8.50. The fourth-order valence-corrected chi connectivity index (χ4v) is 20.2. The molecule has 0 fully saturated rings. The van der Waals surface area contributed by atoms with Gasteiger partial charge in [0.15, 0.2) is 0 Å². The lowest BCUT2D eigenvalue weighted by Gasteiger charge is -2.31. The summed E-state index contributed by atoms with van der Waals surface area (Å²) in [5, 5.41) is 0. The van der Waals surface area contributed by atoms with Crippen LogP contribution in [-0.2, 0) is 8.85 Å². The molecule has 15 heavy (non-hydrogen) atoms. The van der Waals surface area contributed by atoms with Crippen LogP contribution >= 0.6 is 10.7 Å². The zero-order valence-corrected chi connectivity index (χ0v) is 13.9. The van der Waals surface area contributed by atoms with E-state index in [9.17, 15) is 0 Å². The van der Waals surface area contributed by atoms with E-state index >= 15 is 0 Å². The molecule has 5 heteroatoms. The molecule has 0 spiro atoms. The van der Waals surface area contributed by atoms with Crippen molar-refractivity contribution in [3.8, 4) is 0 Å². The molecule has 0 rings (SSSR count). The summed E-state index contributed by atoms with van der Waals surface area (Å²) in [6, 6.07) is 0. The molecule has 0 aliphatic carbocycles. The molecule has 0 unspecified atom stereocenters. The van der Waals surface area contributed by atoms with E-state index in [2.05, 4.69) is 40.0 Å². The fraction of sp³-hybridized carbons (Fsp3) is 1.00. The van der Waals surface area contributed by atoms with Crippen LogP contribution in [0.4, 0.5) is 0 Å². The van der Waals surface area contributed by atoms with Crippen LogP contribution in [-0.4, -0.2) is 28.1 Å². The minimum atomic E-state index is -1.56. The van der Waals surface area contributed by atoms with Crippen molar-refractivity contribution in [2.45, 2.75) is 52.9 Å². The van der Waals surface area contributed by atoms with Crippen LogP contribution in [0.3, 0.4) is 0 Å². The molecule has 0 N–H and O–H groups in total. The summed E-state index contributed by atoms with van der Waals surface area (Å²) in [6.07, 6.45) is 2.21. The molecular formula is C10H26O2SSi2. The first kappa shape index (κ1) is 15.7. The first-order chi connectivity index (χ1) is 6.83. The molecule has 0 aromatic carbocycles. The highest BCUT2D eigenvalue weighted by molar-refractivity contribution is 8.48. The Labute approximate surface area is 101 Å². The van der Waals surface area contributed by atoms with Crippen molar-refractivity contribution in [2.75, 3.05) is 13.2 Å². The Morgan fingerprint density at radius 1 is 0.800 bits per heavy atom. The van der Waals surface area contributed by atoms with Crippen molar-refractivity contribution >= 4 is 25.6 Å². The van der Waals surface area contributed by atoms with Crippen molar-refractivity contribution in [3.63, 3.8) is 0 Å². The summed E-state index contributed by atoms with van der Waals surface area (Å²) in [6.45, 7) is 15.2. The number of rotatable bonds is 8. The summed E-state index contributed by atoms with van der Waals surface area (Å²) in [4.78, 5) is 0. The fourth-order valence-electron chi connectivity index (χ4n) is 1.35. The lowest BCUT2D eigenvalue weighted by molar-refractivity contribution is 0.317. The van der Waals surface area contributed by atoms with E-state index < -0.39 is 14.9 Å². The third-order valence-corrected chi connectivity index (χ3v) is 17.1. The smallest absolute Gasteiger partial charge is 0.244 e. The van der Waals surface area contributed by atoms with Crippen molar-refractivity contribution < 1.29 is 8.85 Å². The standard InChI is InChI=1S/C10H26O2SSi2/c1-7-9-11-14(3,4)13-15(5,6)12-10-8-2/h7-10H2,1-6H3. The third-order valence-electron chi connectivity index (χ3n) is 1.80. The molecule has 0 aromatic rings. The Kier molecular flexibility index (Phi) is 7.45. The second-order valence-corrected chi connectivity index (χ2v) is 19.3. The summed E-state index contributed by atoms with van der Waals surface area (Å²) >= 11 is 0. The van der Waals surface area contributed by atoms with Crippen LogP contribution in [0.2, 0.25) is 26.2 Å². The van der Waals surface area contributed by atoms with E-state index in [-0.39, 0.29) is 0 Å². The second kappa shape index (κ2) is 7.11. The van der Waals surface area contributed by atoms with Crippen molar-refractivity contribution in [3.05, 3.63) is 0 Å². The number of hydrogen-bond acceptors (Lipinski definition) is 3. The summed E-state index contributed by atoms with van der Waals surface area (Å²) in [5.74, 6) is 0. The average Bonchev–Trinajstić information content (AvgIpc) is 2.10. The maximum Gasteiger partial charge on any atom is 0.244 e. The van der Waals surface area contributed by atoms with Gasteiger partial charge >= 0.3 is 0 Å². The minimum Gasteiger partial charge on any atom is -0.408 e. The molecular weight excluding hydrogens is 240 g/mol. The molecule has 0 amide bonds. The highest BCUT2D eigenvalue weighted by Crippen LogP contribution is 2.32. The topological polar surface area (TPSA) is 18.5 Å². The highest BCUT2D eigenvalue weighted by atomic mass is 32.5. The summed E-state index contributed by atoms with van der Waals surface area (Å²) in [5.41, 5.74) is 0. The lowest BCUT2D eigenvalue weighted by atomic mass is 10.5. The van der Waals surface area contributed by atoms with Gasteiger partial charge in [-0.15, -0.1) is 0 Å². The molecule has 0 aliphatic rings. The van der Waals surface area contributed by atoms with Gasteiger partial charge < -0.3 is 8.85 Å². The van der Waals surface area contributed by atoms with Crippen molar-refractivity contribution in [2.24, 2.45) is 0 Å². The maximum atomic E-state index is 5.95. The van der Waals surface area contributed by atoms with Gasteiger partial charge in [0.25, 0.3) is 0 Å². The van der Waals surface area contributed by atoms with Gasteiger partial charge in [0.2, 0.25) is 14.9 Å². The van der Waals surface area contributed by atoms with Crippen LogP contribution < -0.4 is 0 Å². The SMILES string of the molecule is CCCO[Si](C)(C)S[Si](C)(C)OCCC. The summed E-state index contributed by atoms with van der Waals surface area (Å²) < 4.78 is 11.9. The Bertz CT molecular complexity index is 157. The molecule has 2 nitrogen and oxygen atoms in total. The highest BCUT2D eigenvalue weighted by Gasteiger charge is 2.35. The van der Waals surface area contributed by atoms with Gasteiger partial charge in [-0.05, 0) is 39.0 Å².